The van der Waals surface area contributed by atoms with Gasteiger partial charge < -0.3 is 0 Å². The first-order valence-corrected chi connectivity index (χ1v) is 3.30. The second-order valence-electron chi connectivity index (χ2n) is 1.45. The Morgan fingerprint density at radius 3 is 2.62 bits per heavy atom. The smallest absolute Gasteiger partial charge is 0.256 e. The maximum absolute atomic E-state index is 10.5. The van der Waals surface area contributed by atoms with Crippen LogP contribution in [-0.4, -0.2) is 3.97 Å². The number of nitrogens with zero attached hydrogens (tertiary/aromatic N) is 1. The van der Waals surface area contributed by atoms with Gasteiger partial charge in [0.1, 0.15) is 0 Å². The van der Waals surface area contributed by atoms with Crippen molar-refractivity contribution in [3.63, 3.8) is 0 Å². The number of aryl methyl sites for hydroxylation is 1. The number of aromatic nitrogens is 1. The van der Waals surface area contributed by atoms with Gasteiger partial charge in [-0.05, 0) is 6.92 Å². The zero-order chi connectivity index (χ0) is 6.15. The second kappa shape index (κ2) is 1.95. The van der Waals surface area contributed by atoms with Crippen molar-refractivity contribution in [3.8, 4) is 0 Å². The fourth-order valence-electron chi connectivity index (χ4n) is 0.436. The van der Waals surface area contributed by atoms with Crippen LogP contribution in [0.25, 0.3) is 0 Å². The predicted molar refractivity (Wildman–Crippen MR) is 37.7 cm³/mol. The monoisotopic (exact) mass is 147 g/mol. The fraction of sp³-hybridized carbons (Fsp3) is 0.250. The molecule has 0 atom stereocenters. The number of thiazole rings is 1. The normalized spacial score (nSPS) is 9.75. The SMILES string of the molecule is Cc1cn(S)c(=O)s1. The molecule has 1 aromatic rings. The van der Waals surface area contributed by atoms with Gasteiger partial charge in [-0.2, -0.15) is 0 Å². The van der Waals surface area contributed by atoms with Gasteiger partial charge in [0.25, 0.3) is 0 Å². The molecule has 0 aliphatic carbocycles. The highest BCUT2D eigenvalue weighted by Crippen LogP contribution is 1.99. The van der Waals surface area contributed by atoms with E-state index in [0.717, 1.165) is 4.88 Å². The molecular weight excluding hydrogens is 142 g/mol. The van der Waals surface area contributed by atoms with Crippen molar-refractivity contribution in [2.75, 3.05) is 0 Å². The molecule has 0 saturated carbocycles. The van der Waals surface area contributed by atoms with Gasteiger partial charge in [0.05, 0.1) is 0 Å². The van der Waals surface area contributed by atoms with Crippen molar-refractivity contribution >= 4 is 24.2 Å². The Morgan fingerprint density at radius 1 is 1.88 bits per heavy atom. The molecule has 0 N–H and O–H groups in total. The average Bonchev–Trinajstić information content (AvgIpc) is 1.85. The van der Waals surface area contributed by atoms with E-state index in [1.807, 2.05) is 6.92 Å². The van der Waals surface area contributed by atoms with Gasteiger partial charge in [-0.15, -0.1) is 0 Å². The standard InChI is InChI=1S/C4H5NOS2/c1-3-2-5(7)4(6)8-3/h2,7H,1H3. The second-order valence-corrected chi connectivity index (χ2v) is 3.08. The molecular formula is C4H5NOS2. The minimum absolute atomic E-state index is 0.0224. The lowest BCUT2D eigenvalue weighted by Gasteiger charge is -1.76. The first-order valence-electron chi connectivity index (χ1n) is 2.08. The van der Waals surface area contributed by atoms with Crippen LogP contribution in [0.15, 0.2) is 11.0 Å². The summed E-state index contributed by atoms with van der Waals surface area (Å²) < 4.78 is 1.28. The van der Waals surface area contributed by atoms with Crippen LogP contribution in [0, 0.1) is 6.92 Å². The summed E-state index contributed by atoms with van der Waals surface area (Å²) >= 11 is 5.03. The third kappa shape index (κ3) is 0.952. The first-order chi connectivity index (χ1) is 3.70. The van der Waals surface area contributed by atoms with Gasteiger partial charge in [-0.1, -0.05) is 24.2 Å². The van der Waals surface area contributed by atoms with E-state index in [1.165, 1.54) is 15.3 Å². The summed E-state index contributed by atoms with van der Waals surface area (Å²) in [5.74, 6) is 0. The summed E-state index contributed by atoms with van der Waals surface area (Å²) in [6.45, 7) is 1.87. The minimum atomic E-state index is -0.0224. The molecule has 4 heteroatoms. The van der Waals surface area contributed by atoms with Gasteiger partial charge in [-0.25, -0.2) is 0 Å². The summed E-state index contributed by atoms with van der Waals surface area (Å²) in [7, 11) is 0. The molecule has 0 unspecified atom stereocenters. The van der Waals surface area contributed by atoms with Crippen molar-refractivity contribution < 1.29 is 0 Å². The first kappa shape index (κ1) is 5.91. The minimum Gasteiger partial charge on any atom is -0.256 e. The zero-order valence-corrected chi connectivity index (χ0v) is 6.00. The summed E-state index contributed by atoms with van der Waals surface area (Å²) in [6.07, 6.45) is 1.69. The maximum Gasteiger partial charge on any atom is 0.317 e. The van der Waals surface area contributed by atoms with Crippen LogP contribution in [0.3, 0.4) is 0 Å². The van der Waals surface area contributed by atoms with Crippen LogP contribution >= 0.6 is 24.2 Å². The molecule has 8 heavy (non-hydrogen) atoms. The van der Waals surface area contributed by atoms with E-state index in [9.17, 15) is 4.79 Å². The van der Waals surface area contributed by atoms with Crippen molar-refractivity contribution in [2.45, 2.75) is 6.92 Å². The zero-order valence-electron chi connectivity index (χ0n) is 4.29. The highest BCUT2D eigenvalue weighted by molar-refractivity contribution is 7.78. The van der Waals surface area contributed by atoms with Gasteiger partial charge in [0.15, 0.2) is 0 Å². The molecule has 0 bridgehead atoms. The van der Waals surface area contributed by atoms with Gasteiger partial charge >= 0.3 is 4.87 Å². The molecule has 2 nitrogen and oxygen atoms in total. The molecule has 0 spiro atoms. The topological polar surface area (TPSA) is 22.0 Å². The summed E-state index contributed by atoms with van der Waals surface area (Å²) in [5, 5.41) is 0. The van der Waals surface area contributed by atoms with E-state index in [-0.39, 0.29) is 4.87 Å². The quantitative estimate of drug-likeness (QED) is 0.541. The van der Waals surface area contributed by atoms with Crippen molar-refractivity contribution in [1.29, 1.82) is 0 Å². The third-order valence-electron chi connectivity index (χ3n) is 0.739. The highest BCUT2D eigenvalue weighted by Gasteiger charge is 1.92. The Labute approximate surface area is 56.3 Å². The number of thiol groups is 1. The average molecular weight is 147 g/mol. The Balaban J connectivity index is 3.35. The van der Waals surface area contributed by atoms with Crippen LogP contribution in [0.1, 0.15) is 4.88 Å². The molecule has 0 aromatic carbocycles. The van der Waals surface area contributed by atoms with Crippen molar-refractivity contribution in [3.05, 3.63) is 20.7 Å². The third-order valence-corrected chi connectivity index (χ3v) is 1.97. The number of rotatable bonds is 0. The summed E-state index contributed by atoms with van der Waals surface area (Å²) in [5.41, 5.74) is 0. The molecule has 0 aliphatic rings. The molecule has 1 aromatic heterocycles. The molecule has 0 amide bonds. The van der Waals surface area contributed by atoms with E-state index >= 15 is 0 Å². The lowest BCUT2D eigenvalue weighted by atomic mass is 10.7. The van der Waals surface area contributed by atoms with Crippen LogP contribution < -0.4 is 4.87 Å². The molecule has 0 saturated heterocycles. The molecule has 44 valence electrons. The van der Waals surface area contributed by atoms with Crippen LogP contribution in [0.2, 0.25) is 0 Å². The van der Waals surface area contributed by atoms with Gasteiger partial charge in [0, 0.05) is 11.1 Å². The van der Waals surface area contributed by atoms with Gasteiger partial charge in [0.2, 0.25) is 0 Å². The molecule has 0 fully saturated rings. The lowest BCUT2D eigenvalue weighted by molar-refractivity contribution is 1.23. The molecule has 0 radical (unpaired) electrons. The van der Waals surface area contributed by atoms with E-state index < -0.39 is 0 Å². The van der Waals surface area contributed by atoms with Crippen LogP contribution in [0.4, 0.5) is 0 Å². The summed E-state index contributed by atoms with van der Waals surface area (Å²) in [4.78, 5) is 11.5. The van der Waals surface area contributed by atoms with Crippen molar-refractivity contribution in [2.24, 2.45) is 0 Å². The Kier molecular flexibility index (Phi) is 1.44. The van der Waals surface area contributed by atoms with Crippen molar-refractivity contribution in [1.82, 2.24) is 3.97 Å². The highest BCUT2D eigenvalue weighted by atomic mass is 32.1. The molecule has 0 aliphatic heterocycles. The number of hydrogen-bond acceptors (Lipinski definition) is 3. The number of hydrogen-bond donors (Lipinski definition) is 1. The molecule has 1 rings (SSSR count). The summed E-state index contributed by atoms with van der Waals surface area (Å²) in [6, 6.07) is 0. The van der Waals surface area contributed by atoms with E-state index in [1.54, 1.807) is 6.20 Å². The Hall–Kier alpha value is -0.220. The fourth-order valence-corrected chi connectivity index (χ4v) is 1.39. The Morgan fingerprint density at radius 2 is 2.50 bits per heavy atom. The largest absolute Gasteiger partial charge is 0.317 e. The van der Waals surface area contributed by atoms with E-state index in [2.05, 4.69) is 12.8 Å². The van der Waals surface area contributed by atoms with Crippen LogP contribution in [0.5, 0.6) is 0 Å². The Bertz CT molecular complexity index is 236. The lowest BCUT2D eigenvalue weighted by Crippen LogP contribution is -1.99. The maximum atomic E-state index is 10.5. The van der Waals surface area contributed by atoms with Gasteiger partial charge in [-0.3, -0.25) is 8.77 Å². The van der Waals surface area contributed by atoms with Crippen LogP contribution in [-0.2, 0) is 0 Å². The molecule has 1 heterocycles. The van der Waals surface area contributed by atoms with E-state index in [0.29, 0.717) is 0 Å². The predicted octanol–water partition coefficient (Wildman–Crippen LogP) is 0.911. The van der Waals surface area contributed by atoms with E-state index in [4.69, 9.17) is 0 Å².